The van der Waals surface area contributed by atoms with Crippen molar-refractivity contribution in [1.29, 1.82) is 0 Å². The summed E-state index contributed by atoms with van der Waals surface area (Å²) in [5.74, 6) is -0.177. The molecular formula is C21H22N4O2. The molecule has 0 aliphatic rings. The molecule has 3 aromatic rings. The maximum atomic E-state index is 12.2. The van der Waals surface area contributed by atoms with Gasteiger partial charge in [-0.25, -0.2) is 4.68 Å². The molecule has 138 valence electrons. The van der Waals surface area contributed by atoms with Crippen molar-refractivity contribution in [3.8, 4) is 5.69 Å². The van der Waals surface area contributed by atoms with E-state index in [0.717, 1.165) is 23.2 Å². The van der Waals surface area contributed by atoms with E-state index in [1.54, 1.807) is 23.0 Å². The fourth-order valence-corrected chi connectivity index (χ4v) is 2.66. The molecule has 2 N–H and O–H groups in total. The summed E-state index contributed by atoms with van der Waals surface area (Å²) in [6, 6.07) is 17.2. The van der Waals surface area contributed by atoms with Gasteiger partial charge in [0.2, 0.25) is 5.91 Å². The van der Waals surface area contributed by atoms with Crippen molar-refractivity contribution in [2.24, 2.45) is 0 Å². The van der Waals surface area contributed by atoms with Crippen LogP contribution in [0, 0.1) is 0 Å². The first-order chi connectivity index (χ1) is 13.1. The molecule has 1 aromatic heterocycles. The molecule has 0 spiro atoms. The topological polar surface area (TPSA) is 76.0 Å². The van der Waals surface area contributed by atoms with Gasteiger partial charge in [0.1, 0.15) is 0 Å². The lowest BCUT2D eigenvalue weighted by molar-refractivity contribution is -0.119. The SMILES string of the molecule is CC(=O)NCc1ccc(C(=O)NCCc2ccc(-n3cccn3)cc2)cc1. The largest absolute Gasteiger partial charge is 0.352 e. The van der Waals surface area contributed by atoms with E-state index in [9.17, 15) is 9.59 Å². The van der Waals surface area contributed by atoms with Crippen molar-refractivity contribution in [2.45, 2.75) is 19.9 Å². The molecule has 3 rings (SSSR count). The number of hydrogen-bond donors (Lipinski definition) is 2. The van der Waals surface area contributed by atoms with Gasteiger partial charge in [0, 0.05) is 38.0 Å². The Morgan fingerprint density at radius 1 is 0.963 bits per heavy atom. The van der Waals surface area contributed by atoms with Crippen LogP contribution >= 0.6 is 0 Å². The number of hydrogen-bond acceptors (Lipinski definition) is 3. The van der Waals surface area contributed by atoms with Crippen LogP contribution in [-0.2, 0) is 17.8 Å². The standard InChI is InChI=1S/C21H22N4O2/c1-16(26)23-15-18-3-7-19(8-4-18)21(27)22-13-11-17-5-9-20(10-6-17)25-14-2-12-24-25/h2-10,12,14H,11,13,15H2,1H3,(H,22,27)(H,23,26). The molecule has 6 heteroatoms. The molecular weight excluding hydrogens is 340 g/mol. The van der Waals surface area contributed by atoms with Crippen molar-refractivity contribution in [3.05, 3.63) is 83.7 Å². The molecule has 0 unspecified atom stereocenters. The first-order valence-electron chi connectivity index (χ1n) is 8.82. The Morgan fingerprint density at radius 2 is 1.67 bits per heavy atom. The molecule has 0 aliphatic carbocycles. The van der Waals surface area contributed by atoms with Crippen molar-refractivity contribution in [2.75, 3.05) is 6.54 Å². The Bertz CT molecular complexity index is 885. The maximum absolute atomic E-state index is 12.2. The Hall–Kier alpha value is -3.41. The van der Waals surface area contributed by atoms with Gasteiger partial charge >= 0.3 is 0 Å². The van der Waals surface area contributed by atoms with Crippen LogP contribution in [0.15, 0.2) is 67.0 Å². The second kappa shape index (κ2) is 8.80. The summed E-state index contributed by atoms with van der Waals surface area (Å²) in [6.07, 6.45) is 4.40. The highest BCUT2D eigenvalue weighted by atomic mass is 16.2. The highest BCUT2D eigenvalue weighted by Crippen LogP contribution is 2.09. The van der Waals surface area contributed by atoms with Gasteiger partial charge in [0.25, 0.3) is 5.91 Å². The van der Waals surface area contributed by atoms with Crippen LogP contribution in [0.5, 0.6) is 0 Å². The second-order valence-electron chi connectivity index (χ2n) is 6.23. The number of amides is 2. The van der Waals surface area contributed by atoms with E-state index in [-0.39, 0.29) is 11.8 Å². The van der Waals surface area contributed by atoms with Gasteiger partial charge in [-0.1, -0.05) is 24.3 Å². The number of rotatable bonds is 7. The van der Waals surface area contributed by atoms with Gasteiger partial charge in [0.05, 0.1) is 5.69 Å². The third-order valence-corrected chi connectivity index (χ3v) is 4.16. The average Bonchev–Trinajstić information content (AvgIpc) is 3.22. The van der Waals surface area contributed by atoms with Crippen LogP contribution < -0.4 is 10.6 Å². The first kappa shape index (κ1) is 18.4. The summed E-state index contributed by atoms with van der Waals surface area (Å²) >= 11 is 0. The van der Waals surface area contributed by atoms with Crippen molar-refractivity contribution in [1.82, 2.24) is 20.4 Å². The Morgan fingerprint density at radius 3 is 2.30 bits per heavy atom. The summed E-state index contributed by atoms with van der Waals surface area (Å²) < 4.78 is 1.81. The van der Waals surface area contributed by atoms with Gasteiger partial charge in [-0.05, 0) is 47.9 Å². The van der Waals surface area contributed by atoms with Crippen LogP contribution in [-0.4, -0.2) is 28.1 Å². The van der Waals surface area contributed by atoms with E-state index < -0.39 is 0 Å². The molecule has 2 amide bonds. The molecule has 1 heterocycles. The number of aromatic nitrogens is 2. The zero-order chi connectivity index (χ0) is 19.1. The summed E-state index contributed by atoms with van der Waals surface area (Å²) in [5.41, 5.74) is 3.72. The number of nitrogens with one attached hydrogen (secondary N) is 2. The summed E-state index contributed by atoms with van der Waals surface area (Å²) in [4.78, 5) is 23.2. The Labute approximate surface area is 158 Å². The fraction of sp³-hybridized carbons (Fsp3) is 0.190. The van der Waals surface area contributed by atoms with E-state index >= 15 is 0 Å². The normalized spacial score (nSPS) is 10.4. The van der Waals surface area contributed by atoms with E-state index in [1.807, 2.05) is 48.7 Å². The number of carbonyl (C=O) groups excluding carboxylic acids is 2. The lowest BCUT2D eigenvalue weighted by Gasteiger charge is -2.08. The zero-order valence-electron chi connectivity index (χ0n) is 15.2. The van der Waals surface area contributed by atoms with E-state index in [2.05, 4.69) is 15.7 Å². The van der Waals surface area contributed by atoms with Crippen molar-refractivity contribution in [3.63, 3.8) is 0 Å². The van der Waals surface area contributed by atoms with Crippen LogP contribution in [0.25, 0.3) is 5.69 Å². The van der Waals surface area contributed by atoms with Crippen LogP contribution in [0.2, 0.25) is 0 Å². The summed E-state index contributed by atoms with van der Waals surface area (Å²) in [7, 11) is 0. The van der Waals surface area contributed by atoms with Crippen molar-refractivity contribution >= 4 is 11.8 Å². The molecule has 27 heavy (non-hydrogen) atoms. The van der Waals surface area contributed by atoms with E-state index in [4.69, 9.17) is 0 Å². The highest BCUT2D eigenvalue weighted by Gasteiger charge is 2.05. The molecule has 0 fully saturated rings. The quantitative estimate of drug-likeness (QED) is 0.678. The summed E-state index contributed by atoms with van der Waals surface area (Å²) in [5, 5.41) is 9.86. The molecule has 0 bridgehead atoms. The minimum atomic E-state index is -0.103. The number of carbonyl (C=O) groups is 2. The lowest BCUT2D eigenvalue weighted by Crippen LogP contribution is -2.25. The number of benzene rings is 2. The monoisotopic (exact) mass is 362 g/mol. The molecule has 0 aliphatic heterocycles. The highest BCUT2D eigenvalue weighted by molar-refractivity contribution is 5.94. The first-order valence-corrected chi connectivity index (χ1v) is 8.82. The minimum absolute atomic E-state index is 0.0746. The van der Waals surface area contributed by atoms with Gasteiger partial charge < -0.3 is 10.6 Å². The van der Waals surface area contributed by atoms with Crippen molar-refractivity contribution < 1.29 is 9.59 Å². The fourth-order valence-electron chi connectivity index (χ4n) is 2.66. The van der Waals surface area contributed by atoms with E-state index in [0.29, 0.717) is 18.7 Å². The Balaban J connectivity index is 1.47. The Kier molecular flexibility index (Phi) is 5.99. The number of nitrogens with zero attached hydrogens (tertiary/aromatic N) is 2. The van der Waals surface area contributed by atoms with Crippen LogP contribution in [0.4, 0.5) is 0 Å². The molecule has 0 saturated heterocycles. The minimum Gasteiger partial charge on any atom is -0.352 e. The molecule has 0 radical (unpaired) electrons. The third-order valence-electron chi connectivity index (χ3n) is 4.16. The lowest BCUT2D eigenvalue weighted by atomic mass is 10.1. The van der Waals surface area contributed by atoms with Crippen LogP contribution in [0.1, 0.15) is 28.4 Å². The maximum Gasteiger partial charge on any atom is 0.251 e. The average molecular weight is 362 g/mol. The van der Waals surface area contributed by atoms with Crippen LogP contribution in [0.3, 0.4) is 0 Å². The van der Waals surface area contributed by atoms with Gasteiger partial charge in [0.15, 0.2) is 0 Å². The smallest absolute Gasteiger partial charge is 0.251 e. The predicted octanol–water partition coefficient (Wildman–Crippen LogP) is 2.48. The summed E-state index contributed by atoms with van der Waals surface area (Å²) in [6.45, 7) is 2.51. The van der Waals surface area contributed by atoms with Gasteiger partial charge in [-0.15, -0.1) is 0 Å². The predicted molar refractivity (Wildman–Crippen MR) is 104 cm³/mol. The molecule has 6 nitrogen and oxygen atoms in total. The van der Waals surface area contributed by atoms with Gasteiger partial charge in [-0.3, -0.25) is 9.59 Å². The molecule has 0 saturated carbocycles. The molecule has 2 aromatic carbocycles. The second-order valence-corrected chi connectivity index (χ2v) is 6.23. The third kappa shape index (κ3) is 5.28. The van der Waals surface area contributed by atoms with Gasteiger partial charge in [-0.2, -0.15) is 5.10 Å². The molecule has 0 atom stereocenters. The van der Waals surface area contributed by atoms with E-state index in [1.165, 1.54) is 6.92 Å². The zero-order valence-corrected chi connectivity index (χ0v) is 15.2.